The quantitative estimate of drug-likeness (QED) is 0.0344. The van der Waals surface area contributed by atoms with Crippen molar-refractivity contribution in [3.05, 3.63) is 239 Å². The standard InChI is InChI=1S/2C38H46O6/c2*1-39-35-20-31(21-36(24-35)40-2)26-43-17-11-16-33(18-29-12-7-5-8-13-29)34(19-30-14-9-6-10-15-30)28-44-27-32-22-37(41-3)25-38(23-32)42-4/h2*5-10,12-15,20-25,33-34H,11,16-19,26-28H2,1-4H3/t2*33-,34+/m10/s1. The molecule has 0 aliphatic heterocycles. The summed E-state index contributed by atoms with van der Waals surface area (Å²) >= 11 is 0. The maximum Gasteiger partial charge on any atom is 0.122 e. The maximum absolute atomic E-state index is 6.43. The van der Waals surface area contributed by atoms with Crippen LogP contribution in [0.2, 0.25) is 0 Å². The van der Waals surface area contributed by atoms with Crippen molar-refractivity contribution in [2.45, 2.75) is 77.8 Å². The molecule has 0 aliphatic rings. The first-order chi connectivity index (χ1) is 43.2. The van der Waals surface area contributed by atoms with E-state index in [1.165, 1.54) is 22.3 Å². The van der Waals surface area contributed by atoms with Gasteiger partial charge in [0, 0.05) is 37.5 Å². The van der Waals surface area contributed by atoms with Crippen molar-refractivity contribution >= 4 is 0 Å². The van der Waals surface area contributed by atoms with Crippen molar-refractivity contribution in [2.75, 3.05) is 83.3 Å². The van der Waals surface area contributed by atoms with Crippen LogP contribution in [0.1, 0.15) is 70.2 Å². The zero-order valence-electron chi connectivity index (χ0n) is 53.0. The summed E-state index contributed by atoms with van der Waals surface area (Å²) in [4.78, 5) is 0. The average molecular weight is 1200 g/mol. The highest BCUT2D eigenvalue weighted by atomic mass is 16.5. The van der Waals surface area contributed by atoms with Crippen molar-refractivity contribution in [3.63, 3.8) is 0 Å². The van der Waals surface area contributed by atoms with Crippen LogP contribution in [0.3, 0.4) is 0 Å². The molecule has 0 unspecified atom stereocenters. The fourth-order valence-electron chi connectivity index (χ4n) is 11.1. The molecule has 0 bridgehead atoms. The molecule has 12 heteroatoms. The van der Waals surface area contributed by atoms with Crippen LogP contribution >= 0.6 is 0 Å². The third kappa shape index (κ3) is 23.6. The van der Waals surface area contributed by atoms with E-state index in [1.807, 2.05) is 72.8 Å². The normalized spacial score (nSPS) is 12.4. The number of benzene rings is 8. The Balaban J connectivity index is 0.000000251. The number of hydrogen-bond donors (Lipinski definition) is 0. The van der Waals surface area contributed by atoms with Crippen LogP contribution in [0, 0.1) is 23.7 Å². The van der Waals surface area contributed by atoms with Gasteiger partial charge in [0.05, 0.1) is 96.5 Å². The first kappa shape index (κ1) is 67.5. The molecule has 12 nitrogen and oxygen atoms in total. The van der Waals surface area contributed by atoms with Crippen LogP contribution < -0.4 is 37.9 Å². The summed E-state index contributed by atoms with van der Waals surface area (Å²) in [5.41, 5.74) is 9.47. The molecular weight excluding hydrogens is 1100 g/mol. The highest BCUT2D eigenvalue weighted by Gasteiger charge is 2.25. The first-order valence-electron chi connectivity index (χ1n) is 30.5. The van der Waals surface area contributed by atoms with Gasteiger partial charge in [-0.2, -0.15) is 0 Å². The van der Waals surface area contributed by atoms with Gasteiger partial charge in [0.1, 0.15) is 46.0 Å². The Hall–Kier alpha value is -8.00. The number of hydrogen-bond acceptors (Lipinski definition) is 12. The van der Waals surface area contributed by atoms with Crippen LogP contribution in [-0.2, 0) is 71.1 Å². The van der Waals surface area contributed by atoms with E-state index < -0.39 is 0 Å². The van der Waals surface area contributed by atoms with Gasteiger partial charge >= 0.3 is 0 Å². The van der Waals surface area contributed by atoms with Crippen molar-refractivity contribution in [1.82, 2.24) is 0 Å². The van der Waals surface area contributed by atoms with Crippen LogP contribution in [0.25, 0.3) is 0 Å². The van der Waals surface area contributed by atoms with E-state index >= 15 is 0 Å². The predicted molar refractivity (Wildman–Crippen MR) is 350 cm³/mol. The third-order valence-corrected chi connectivity index (χ3v) is 15.8. The highest BCUT2D eigenvalue weighted by molar-refractivity contribution is 5.41. The Morgan fingerprint density at radius 1 is 0.239 bits per heavy atom. The molecule has 0 fully saturated rings. The molecule has 8 aromatic rings. The van der Waals surface area contributed by atoms with Crippen molar-refractivity contribution in [1.29, 1.82) is 0 Å². The van der Waals surface area contributed by atoms with Crippen molar-refractivity contribution in [2.24, 2.45) is 23.7 Å². The van der Waals surface area contributed by atoms with E-state index in [0.29, 0.717) is 76.5 Å². The van der Waals surface area contributed by atoms with Gasteiger partial charge in [0.15, 0.2) is 0 Å². The minimum atomic E-state index is 0.327. The number of ether oxygens (including phenoxy) is 12. The SMILES string of the molecule is COc1cc(COCCC[C@@H](Cc2ccccc2)[C@@H](COCc2cc(OC)cc(OC)c2)Cc2ccccc2)cc(OC)c1.COc1cc(COCCC[C@H](Cc2ccccc2)[C@H](COCc2cc(OC)cc(OC)c2)Cc2ccccc2)cc(OC)c1. The Bertz CT molecular complexity index is 2870. The predicted octanol–water partition coefficient (Wildman–Crippen LogP) is 15.9. The molecule has 88 heavy (non-hydrogen) atoms. The molecule has 0 spiro atoms. The minimum absolute atomic E-state index is 0.327. The van der Waals surface area contributed by atoms with Gasteiger partial charge in [-0.3, -0.25) is 0 Å². The second-order valence-electron chi connectivity index (χ2n) is 22.1. The second kappa shape index (κ2) is 38.3. The van der Waals surface area contributed by atoms with Gasteiger partial charge in [-0.25, -0.2) is 0 Å². The Morgan fingerprint density at radius 2 is 0.455 bits per heavy atom. The summed E-state index contributed by atoms with van der Waals surface area (Å²) in [5, 5.41) is 0. The first-order valence-corrected chi connectivity index (χ1v) is 30.5. The van der Waals surface area contributed by atoms with Gasteiger partial charge in [-0.05, 0) is 168 Å². The van der Waals surface area contributed by atoms with Gasteiger partial charge in [0.2, 0.25) is 0 Å². The molecule has 0 amide bonds. The summed E-state index contributed by atoms with van der Waals surface area (Å²) in [6.45, 7) is 4.65. The van der Waals surface area contributed by atoms with E-state index in [1.54, 1.807) is 56.9 Å². The maximum atomic E-state index is 6.43. The lowest BCUT2D eigenvalue weighted by Crippen LogP contribution is -2.25. The fourth-order valence-corrected chi connectivity index (χ4v) is 11.1. The molecule has 8 aromatic carbocycles. The summed E-state index contributed by atoms with van der Waals surface area (Å²) in [5.74, 6) is 7.59. The fraction of sp³-hybridized carbons (Fsp3) is 0.368. The van der Waals surface area contributed by atoms with E-state index in [2.05, 4.69) is 121 Å². The molecule has 0 aliphatic carbocycles. The molecule has 0 heterocycles. The molecule has 4 atom stereocenters. The second-order valence-corrected chi connectivity index (χ2v) is 22.1. The molecule has 0 aromatic heterocycles. The molecule has 0 saturated heterocycles. The summed E-state index contributed by atoms with van der Waals surface area (Å²) < 4.78 is 68.6. The topological polar surface area (TPSA) is 111 Å². The average Bonchev–Trinajstić information content (AvgIpc) is 3.73. The van der Waals surface area contributed by atoms with E-state index in [0.717, 1.165) is 120 Å². The van der Waals surface area contributed by atoms with Crippen LogP contribution in [0.5, 0.6) is 46.0 Å². The van der Waals surface area contributed by atoms with Gasteiger partial charge in [-0.15, -0.1) is 0 Å². The van der Waals surface area contributed by atoms with Gasteiger partial charge in [0.25, 0.3) is 0 Å². The van der Waals surface area contributed by atoms with Gasteiger partial charge in [-0.1, -0.05) is 121 Å². The smallest absolute Gasteiger partial charge is 0.122 e. The van der Waals surface area contributed by atoms with Gasteiger partial charge < -0.3 is 56.8 Å². The Labute approximate surface area is 523 Å². The van der Waals surface area contributed by atoms with Crippen LogP contribution in [0.15, 0.2) is 194 Å². The lowest BCUT2D eigenvalue weighted by Gasteiger charge is -2.28. The Morgan fingerprint density at radius 3 is 0.682 bits per heavy atom. The Kier molecular flexibility index (Phi) is 29.4. The van der Waals surface area contributed by atoms with E-state index in [-0.39, 0.29) is 0 Å². The van der Waals surface area contributed by atoms with E-state index in [4.69, 9.17) is 56.8 Å². The molecular formula is C76H92O12. The molecule has 8 rings (SSSR count). The molecule has 0 N–H and O–H groups in total. The lowest BCUT2D eigenvalue weighted by molar-refractivity contribution is 0.0579. The minimum Gasteiger partial charge on any atom is -0.497 e. The number of rotatable bonds is 38. The zero-order valence-corrected chi connectivity index (χ0v) is 53.0. The summed E-state index contributed by atoms with van der Waals surface area (Å²) in [7, 11) is 13.3. The summed E-state index contributed by atoms with van der Waals surface area (Å²) in [6, 6.07) is 66.5. The molecule has 0 saturated carbocycles. The monoisotopic (exact) mass is 1200 g/mol. The molecule has 0 radical (unpaired) electrons. The number of methoxy groups -OCH3 is 8. The largest absolute Gasteiger partial charge is 0.497 e. The molecule has 468 valence electrons. The lowest BCUT2D eigenvalue weighted by atomic mass is 9.80. The van der Waals surface area contributed by atoms with Crippen LogP contribution in [-0.4, -0.2) is 83.3 Å². The van der Waals surface area contributed by atoms with E-state index in [9.17, 15) is 0 Å². The third-order valence-electron chi connectivity index (χ3n) is 15.8. The summed E-state index contributed by atoms with van der Waals surface area (Å²) in [6.07, 6.45) is 7.85. The van der Waals surface area contributed by atoms with Crippen molar-refractivity contribution in [3.8, 4) is 46.0 Å². The van der Waals surface area contributed by atoms with Crippen LogP contribution in [0.4, 0.5) is 0 Å². The van der Waals surface area contributed by atoms with Crippen molar-refractivity contribution < 1.29 is 56.8 Å². The zero-order chi connectivity index (χ0) is 62.0. The highest BCUT2D eigenvalue weighted by Crippen LogP contribution is 2.32.